The van der Waals surface area contributed by atoms with Gasteiger partial charge in [-0.3, -0.25) is 0 Å². The monoisotopic (exact) mass is 322 g/mol. The molecule has 0 bridgehead atoms. The van der Waals surface area contributed by atoms with Gasteiger partial charge in [0.1, 0.15) is 5.82 Å². The van der Waals surface area contributed by atoms with E-state index in [-0.39, 0.29) is 11.2 Å². The van der Waals surface area contributed by atoms with Gasteiger partial charge in [0.25, 0.3) is 0 Å². The number of alkyl halides is 2. The van der Waals surface area contributed by atoms with E-state index in [4.69, 9.17) is 34.8 Å². The Balaban J connectivity index is 2.24. The highest BCUT2D eigenvalue weighted by Crippen LogP contribution is 2.44. The Morgan fingerprint density at radius 1 is 1.16 bits per heavy atom. The Morgan fingerprint density at radius 2 is 1.79 bits per heavy atom. The molecule has 0 N–H and O–H groups in total. The number of benzene rings is 1. The summed E-state index contributed by atoms with van der Waals surface area (Å²) in [6.07, 6.45) is 5.58. The molecule has 2 rings (SSSR count). The number of halogens is 4. The Kier molecular flexibility index (Phi) is 5.39. The Labute approximate surface area is 129 Å². The van der Waals surface area contributed by atoms with Crippen LogP contribution in [0.1, 0.15) is 31.2 Å². The van der Waals surface area contributed by atoms with Crippen LogP contribution >= 0.6 is 34.8 Å². The van der Waals surface area contributed by atoms with Crippen LogP contribution in [-0.4, -0.2) is 11.8 Å². The van der Waals surface area contributed by atoms with Crippen molar-refractivity contribution in [3.63, 3.8) is 0 Å². The molecule has 0 amide bonds. The van der Waals surface area contributed by atoms with Gasteiger partial charge in [-0.1, -0.05) is 30.5 Å². The molecule has 0 unspecified atom stereocenters. The molecule has 0 nitrogen and oxygen atoms in total. The lowest BCUT2D eigenvalue weighted by molar-refractivity contribution is 0.225. The second-order valence-corrected chi connectivity index (χ2v) is 6.47. The third kappa shape index (κ3) is 3.37. The molecule has 0 aromatic heterocycles. The summed E-state index contributed by atoms with van der Waals surface area (Å²) in [4.78, 5) is 0. The summed E-state index contributed by atoms with van der Waals surface area (Å²) in [7, 11) is 0. The summed E-state index contributed by atoms with van der Waals surface area (Å²) in [5, 5.41) is 0.470. The van der Waals surface area contributed by atoms with E-state index >= 15 is 0 Å². The van der Waals surface area contributed by atoms with Gasteiger partial charge in [-0.25, -0.2) is 4.39 Å². The molecule has 0 radical (unpaired) electrons. The van der Waals surface area contributed by atoms with Crippen LogP contribution in [0.2, 0.25) is 5.02 Å². The molecule has 1 fully saturated rings. The maximum Gasteiger partial charge on any atom is 0.124 e. The normalized spacial score (nSPS) is 17.1. The second-order valence-electron chi connectivity index (χ2n) is 5.52. The summed E-state index contributed by atoms with van der Waals surface area (Å²) < 4.78 is 13.1. The molecule has 0 atom stereocenters. The zero-order valence-electron chi connectivity index (χ0n) is 10.8. The fourth-order valence-corrected chi connectivity index (χ4v) is 4.22. The van der Waals surface area contributed by atoms with E-state index in [1.165, 1.54) is 37.8 Å². The number of rotatable bonds is 5. The lowest BCUT2D eigenvalue weighted by Gasteiger charge is -2.36. The van der Waals surface area contributed by atoms with Crippen LogP contribution in [0.4, 0.5) is 4.39 Å². The zero-order chi connectivity index (χ0) is 13.9. The summed E-state index contributed by atoms with van der Waals surface area (Å²) in [5.41, 5.74) is 0.817. The lowest BCUT2D eigenvalue weighted by atomic mass is 9.73. The summed E-state index contributed by atoms with van der Waals surface area (Å²) in [6, 6.07) is 4.56. The molecular formula is C15H18Cl3F. The van der Waals surface area contributed by atoms with Crippen LogP contribution in [0.3, 0.4) is 0 Å². The quantitative estimate of drug-likeness (QED) is 0.612. The highest BCUT2D eigenvalue weighted by atomic mass is 35.5. The first kappa shape index (κ1) is 15.4. The van der Waals surface area contributed by atoms with Crippen molar-refractivity contribution in [2.45, 2.75) is 32.1 Å². The molecule has 19 heavy (non-hydrogen) atoms. The largest absolute Gasteiger partial charge is 0.207 e. The van der Waals surface area contributed by atoms with E-state index in [1.54, 1.807) is 6.07 Å². The van der Waals surface area contributed by atoms with Crippen LogP contribution in [0.15, 0.2) is 18.2 Å². The fraction of sp³-hybridized carbons (Fsp3) is 0.600. The first-order valence-electron chi connectivity index (χ1n) is 6.67. The predicted molar refractivity (Wildman–Crippen MR) is 80.9 cm³/mol. The highest BCUT2D eigenvalue weighted by molar-refractivity contribution is 6.31. The molecule has 0 saturated heterocycles. The molecule has 106 valence electrons. The highest BCUT2D eigenvalue weighted by Gasteiger charge is 2.39. The van der Waals surface area contributed by atoms with Crippen LogP contribution in [0.5, 0.6) is 0 Å². The van der Waals surface area contributed by atoms with Crippen molar-refractivity contribution in [2.75, 3.05) is 11.8 Å². The van der Waals surface area contributed by atoms with Crippen molar-refractivity contribution in [3.8, 4) is 0 Å². The minimum Gasteiger partial charge on any atom is -0.207 e. The van der Waals surface area contributed by atoms with Crippen molar-refractivity contribution >= 4 is 34.8 Å². The Morgan fingerprint density at radius 3 is 2.32 bits per heavy atom. The van der Waals surface area contributed by atoms with Crippen molar-refractivity contribution in [3.05, 3.63) is 34.6 Å². The zero-order valence-corrected chi connectivity index (χ0v) is 13.0. The van der Waals surface area contributed by atoms with Crippen LogP contribution in [0, 0.1) is 17.2 Å². The summed E-state index contributed by atoms with van der Waals surface area (Å²) >= 11 is 18.6. The van der Waals surface area contributed by atoms with Crippen molar-refractivity contribution < 1.29 is 4.39 Å². The van der Waals surface area contributed by atoms with Gasteiger partial charge in [0.05, 0.1) is 0 Å². The molecule has 1 aromatic rings. The molecule has 4 heteroatoms. The van der Waals surface area contributed by atoms with Gasteiger partial charge in [0.15, 0.2) is 0 Å². The average Bonchev–Trinajstić information content (AvgIpc) is 2.93. The first-order chi connectivity index (χ1) is 9.11. The van der Waals surface area contributed by atoms with Gasteiger partial charge in [0, 0.05) is 22.2 Å². The van der Waals surface area contributed by atoms with Gasteiger partial charge in [-0.2, -0.15) is 0 Å². The third-order valence-electron chi connectivity index (χ3n) is 4.31. The minimum atomic E-state index is -0.308. The van der Waals surface area contributed by atoms with Gasteiger partial charge in [0.2, 0.25) is 0 Å². The predicted octanol–water partition coefficient (Wildman–Crippen LogP) is 5.68. The van der Waals surface area contributed by atoms with Gasteiger partial charge < -0.3 is 0 Å². The molecule has 1 saturated carbocycles. The van der Waals surface area contributed by atoms with Crippen LogP contribution < -0.4 is 0 Å². The maximum atomic E-state index is 13.1. The van der Waals surface area contributed by atoms with E-state index in [0.717, 1.165) is 12.0 Å². The van der Waals surface area contributed by atoms with Crippen molar-refractivity contribution in [2.24, 2.45) is 11.3 Å². The summed E-state index contributed by atoms with van der Waals surface area (Å²) in [5.74, 6) is 1.28. The SMILES string of the molecule is Fc1ccc(CC(CCl)(CCl)C2CCCC2)c(Cl)c1. The molecule has 0 aliphatic heterocycles. The van der Waals surface area contributed by atoms with Crippen LogP contribution in [0.25, 0.3) is 0 Å². The standard InChI is InChI=1S/C15H18Cl3F/c16-9-15(10-17,12-3-1-2-4-12)8-11-5-6-13(19)7-14(11)18/h5-7,12H,1-4,8-10H2. The topological polar surface area (TPSA) is 0 Å². The van der Waals surface area contributed by atoms with E-state index < -0.39 is 0 Å². The number of hydrogen-bond acceptors (Lipinski definition) is 0. The van der Waals surface area contributed by atoms with Crippen molar-refractivity contribution in [1.29, 1.82) is 0 Å². The maximum absolute atomic E-state index is 13.1. The molecule has 1 aliphatic rings. The van der Waals surface area contributed by atoms with Crippen LogP contribution in [-0.2, 0) is 6.42 Å². The van der Waals surface area contributed by atoms with Gasteiger partial charge >= 0.3 is 0 Å². The molecule has 1 aromatic carbocycles. The van der Waals surface area contributed by atoms with E-state index in [9.17, 15) is 4.39 Å². The van der Waals surface area contributed by atoms with Gasteiger partial charge in [-0.05, 0) is 42.9 Å². The van der Waals surface area contributed by atoms with E-state index in [1.807, 2.05) is 0 Å². The van der Waals surface area contributed by atoms with E-state index in [0.29, 0.717) is 22.7 Å². The fourth-order valence-electron chi connectivity index (χ4n) is 3.08. The molecular weight excluding hydrogens is 306 g/mol. The van der Waals surface area contributed by atoms with E-state index in [2.05, 4.69) is 0 Å². The second kappa shape index (κ2) is 6.65. The average molecular weight is 324 g/mol. The Hall–Kier alpha value is 0.0200. The molecule has 1 aliphatic carbocycles. The first-order valence-corrected chi connectivity index (χ1v) is 8.12. The minimum absolute atomic E-state index is 0.124. The van der Waals surface area contributed by atoms with Gasteiger partial charge in [-0.15, -0.1) is 23.2 Å². The molecule has 0 spiro atoms. The van der Waals surface area contributed by atoms with Crippen molar-refractivity contribution in [1.82, 2.24) is 0 Å². The number of hydrogen-bond donors (Lipinski definition) is 0. The molecule has 0 heterocycles. The third-order valence-corrected chi connectivity index (χ3v) is 5.73. The Bertz CT molecular complexity index is 423. The summed E-state index contributed by atoms with van der Waals surface area (Å²) in [6.45, 7) is 0. The lowest BCUT2D eigenvalue weighted by Crippen LogP contribution is -2.35. The smallest absolute Gasteiger partial charge is 0.124 e.